The highest BCUT2D eigenvalue weighted by atomic mass is 16.5. The normalized spacial score (nSPS) is 10.6. The number of pyridine rings is 1. The lowest BCUT2D eigenvalue weighted by molar-refractivity contribution is -0.122. The summed E-state index contributed by atoms with van der Waals surface area (Å²) < 4.78 is 4.89. The zero-order valence-electron chi connectivity index (χ0n) is 12.5. The van der Waals surface area contributed by atoms with E-state index in [-0.39, 0.29) is 5.91 Å². The topological polar surface area (TPSA) is 66.5 Å². The molecule has 0 saturated heterocycles. The molecule has 2 N–H and O–H groups in total. The van der Waals surface area contributed by atoms with Gasteiger partial charge in [-0.05, 0) is 20.0 Å². The van der Waals surface area contributed by atoms with Crippen LogP contribution in [0.1, 0.15) is 12.5 Å². The molecule has 0 unspecified atom stereocenters. The number of amides is 1. The Morgan fingerprint density at radius 2 is 2.30 bits per heavy atom. The number of carbonyl (C=O) groups is 1. The number of nitrogens with one attached hydrogen (secondary N) is 2. The molecule has 1 amide bonds. The summed E-state index contributed by atoms with van der Waals surface area (Å²) in [5.41, 5.74) is 1.08. The molecule has 0 aliphatic heterocycles. The second-order valence-corrected chi connectivity index (χ2v) is 4.56. The molecule has 0 aliphatic rings. The van der Waals surface area contributed by atoms with Crippen molar-refractivity contribution in [1.29, 1.82) is 0 Å². The van der Waals surface area contributed by atoms with E-state index >= 15 is 0 Å². The number of hydrogen-bond acceptors (Lipinski definition) is 5. The Kier molecular flexibility index (Phi) is 7.60. The van der Waals surface area contributed by atoms with Crippen molar-refractivity contribution >= 4 is 11.7 Å². The van der Waals surface area contributed by atoms with E-state index in [1.807, 2.05) is 31.0 Å². The molecule has 0 fully saturated rings. The number of aromatic nitrogens is 1. The molecule has 0 saturated carbocycles. The first-order chi connectivity index (χ1) is 9.67. The first-order valence-electron chi connectivity index (χ1n) is 6.79. The molecular formula is C14H24N4O2. The Balaban J connectivity index is 2.45. The van der Waals surface area contributed by atoms with Crippen LogP contribution in [0.15, 0.2) is 18.3 Å². The number of methoxy groups -OCH3 is 1. The van der Waals surface area contributed by atoms with Gasteiger partial charge in [-0.15, -0.1) is 0 Å². The van der Waals surface area contributed by atoms with Gasteiger partial charge in [0.1, 0.15) is 5.82 Å². The number of likely N-dealkylation sites (N-methyl/N-ethyl adjacent to an activating group) is 1. The van der Waals surface area contributed by atoms with Crippen molar-refractivity contribution in [1.82, 2.24) is 15.2 Å². The number of ether oxygens (including phenoxy) is 1. The molecule has 0 radical (unpaired) electrons. The van der Waals surface area contributed by atoms with Crippen molar-refractivity contribution in [2.24, 2.45) is 0 Å². The van der Waals surface area contributed by atoms with E-state index in [9.17, 15) is 4.79 Å². The monoisotopic (exact) mass is 280 g/mol. The van der Waals surface area contributed by atoms with Crippen LogP contribution in [0.25, 0.3) is 0 Å². The van der Waals surface area contributed by atoms with Gasteiger partial charge in [0, 0.05) is 38.5 Å². The molecule has 0 spiro atoms. The molecule has 0 aromatic carbocycles. The first kappa shape index (κ1) is 16.4. The van der Waals surface area contributed by atoms with E-state index in [1.54, 1.807) is 13.3 Å². The van der Waals surface area contributed by atoms with E-state index in [4.69, 9.17) is 4.74 Å². The fourth-order valence-electron chi connectivity index (χ4n) is 1.83. The van der Waals surface area contributed by atoms with E-state index in [0.717, 1.165) is 17.9 Å². The average molecular weight is 280 g/mol. The van der Waals surface area contributed by atoms with Crippen LogP contribution in [0.2, 0.25) is 0 Å². The standard InChI is InChI=1S/C14H24N4O2/c1-4-15-14-12(6-5-7-17-14)10-18(2)11-13(19)16-8-9-20-3/h5-7H,4,8-11H2,1-3H3,(H,15,17)(H,16,19). The molecule has 6 heteroatoms. The number of rotatable bonds is 9. The maximum absolute atomic E-state index is 11.7. The molecule has 20 heavy (non-hydrogen) atoms. The van der Waals surface area contributed by atoms with Crippen LogP contribution in [-0.2, 0) is 16.1 Å². The SMILES string of the molecule is CCNc1ncccc1CN(C)CC(=O)NCCOC. The van der Waals surface area contributed by atoms with Crippen LogP contribution < -0.4 is 10.6 Å². The molecular weight excluding hydrogens is 256 g/mol. The highest BCUT2D eigenvalue weighted by Crippen LogP contribution is 2.12. The van der Waals surface area contributed by atoms with Crippen LogP contribution in [0, 0.1) is 0 Å². The van der Waals surface area contributed by atoms with Crippen molar-refractivity contribution in [2.45, 2.75) is 13.5 Å². The lowest BCUT2D eigenvalue weighted by Gasteiger charge is -2.18. The van der Waals surface area contributed by atoms with Gasteiger partial charge in [-0.1, -0.05) is 6.07 Å². The molecule has 1 rings (SSSR count). The fourth-order valence-corrected chi connectivity index (χ4v) is 1.83. The second kappa shape index (κ2) is 9.28. The minimum Gasteiger partial charge on any atom is -0.383 e. The molecule has 1 heterocycles. The lowest BCUT2D eigenvalue weighted by Crippen LogP contribution is -2.36. The van der Waals surface area contributed by atoms with Gasteiger partial charge in [0.2, 0.25) is 5.91 Å². The molecule has 0 atom stereocenters. The molecule has 0 bridgehead atoms. The first-order valence-corrected chi connectivity index (χ1v) is 6.79. The van der Waals surface area contributed by atoms with E-state index < -0.39 is 0 Å². The average Bonchev–Trinajstić information content (AvgIpc) is 2.41. The van der Waals surface area contributed by atoms with E-state index in [1.165, 1.54) is 0 Å². The Morgan fingerprint density at radius 1 is 1.50 bits per heavy atom. The smallest absolute Gasteiger partial charge is 0.234 e. The third-order valence-electron chi connectivity index (χ3n) is 2.72. The van der Waals surface area contributed by atoms with Gasteiger partial charge in [-0.25, -0.2) is 4.98 Å². The highest BCUT2D eigenvalue weighted by molar-refractivity contribution is 5.77. The maximum atomic E-state index is 11.7. The largest absolute Gasteiger partial charge is 0.383 e. The number of nitrogens with zero attached hydrogens (tertiary/aromatic N) is 2. The summed E-state index contributed by atoms with van der Waals surface area (Å²) in [7, 11) is 3.53. The Bertz CT molecular complexity index is 412. The predicted molar refractivity (Wildman–Crippen MR) is 79.6 cm³/mol. The molecule has 0 aliphatic carbocycles. The summed E-state index contributed by atoms with van der Waals surface area (Å²) in [5, 5.41) is 6.03. The molecule has 112 valence electrons. The van der Waals surface area contributed by atoms with Crippen molar-refractivity contribution < 1.29 is 9.53 Å². The zero-order valence-corrected chi connectivity index (χ0v) is 12.5. The highest BCUT2D eigenvalue weighted by Gasteiger charge is 2.09. The van der Waals surface area contributed by atoms with Gasteiger partial charge >= 0.3 is 0 Å². The maximum Gasteiger partial charge on any atom is 0.234 e. The number of hydrogen-bond donors (Lipinski definition) is 2. The van der Waals surface area contributed by atoms with Crippen LogP contribution in [0.4, 0.5) is 5.82 Å². The lowest BCUT2D eigenvalue weighted by atomic mass is 10.2. The predicted octanol–water partition coefficient (Wildman–Crippen LogP) is 0.708. The Hall–Kier alpha value is -1.66. The number of carbonyl (C=O) groups excluding carboxylic acids is 1. The van der Waals surface area contributed by atoms with Crippen LogP contribution in [0.3, 0.4) is 0 Å². The summed E-state index contributed by atoms with van der Waals surface area (Å²) in [5.74, 6) is 0.875. The minimum atomic E-state index is -0.00144. The second-order valence-electron chi connectivity index (χ2n) is 4.56. The van der Waals surface area contributed by atoms with E-state index in [2.05, 4.69) is 15.6 Å². The van der Waals surface area contributed by atoms with Crippen molar-refractivity contribution in [3.8, 4) is 0 Å². The molecule has 1 aromatic rings. The minimum absolute atomic E-state index is 0.00144. The third kappa shape index (κ3) is 5.99. The summed E-state index contributed by atoms with van der Waals surface area (Å²) in [6, 6.07) is 3.92. The molecule has 1 aromatic heterocycles. The van der Waals surface area contributed by atoms with Gasteiger partial charge in [0.15, 0.2) is 0 Å². The van der Waals surface area contributed by atoms with Gasteiger partial charge in [0.25, 0.3) is 0 Å². The van der Waals surface area contributed by atoms with Crippen molar-refractivity contribution in [3.63, 3.8) is 0 Å². The Morgan fingerprint density at radius 3 is 3.00 bits per heavy atom. The van der Waals surface area contributed by atoms with Gasteiger partial charge in [-0.3, -0.25) is 9.69 Å². The third-order valence-corrected chi connectivity index (χ3v) is 2.72. The Labute approximate surface area is 120 Å². The zero-order chi connectivity index (χ0) is 14.8. The van der Waals surface area contributed by atoms with E-state index in [0.29, 0.717) is 26.2 Å². The fraction of sp³-hybridized carbons (Fsp3) is 0.571. The van der Waals surface area contributed by atoms with Crippen LogP contribution >= 0.6 is 0 Å². The van der Waals surface area contributed by atoms with Gasteiger partial charge in [-0.2, -0.15) is 0 Å². The summed E-state index contributed by atoms with van der Waals surface area (Å²) in [6.07, 6.45) is 1.76. The summed E-state index contributed by atoms with van der Waals surface area (Å²) in [6.45, 7) is 4.95. The van der Waals surface area contributed by atoms with Crippen molar-refractivity contribution in [3.05, 3.63) is 23.9 Å². The van der Waals surface area contributed by atoms with Crippen LogP contribution in [0.5, 0.6) is 0 Å². The quantitative estimate of drug-likeness (QED) is 0.652. The molecule has 6 nitrogen and oxygen atoms in total. The van der Waals surface area contributed by atoms with Crippen LogP contribution in [-0.4, -0.2) is 56.2 Å². The van der Waals surface area contributed by atoms with Crippen molar-refractivity contribution in [2.75, 3.05) is 45.7 Å². The summed E-state index contributed by atoms with van der Waals surface area (Å²) >= 11 is 0. The number of anilines is 1. The van der Waals surface area contributed by atoms with Gasteiger partial charge in [0.05, 0.1) is 13.2 Å². The summed E-state index contributed by atoms with van der Waals surface area (Å²) in [4.78, 5) is 18.0. The van der Waals surface area contributed by atoms with Gasteiger partial charge < -0.3 is 15.4 Å².